The van der Waals surface area contributed by atoms with E-state index in [0.29, 0.717) is 54.5 Å². The molecule has 1 aromatic heterocycles. The van der Waals surface area contributed by atoms with Gasteiger partial charge in [0.05, 0.1) is 18.6 Å². The maximum Gasteiger partial charge on any atom is 0.308 e. The lowest BCUT2D eigenvalue weighted by atomic mass is 10.1. The normalized spacial score (nSPS) is 15.0. The van der Waals surface area contributed by atoms with E-state index in [1.165, 1.54) is 13.0 Å². The first-order valence-corrected chi connectivity index (χ1v) is 7.56. The van der Waals surface area contributed by atoms with Crippen molar-refractivity contribution >= 4 is 22.8 Å². The van der Waals surface area contributed by atoms with Crippen LogP contribution in [0.2, 0.25) is 0 Å². The van der Waals surface area contributed by atoms with Gasteiger partial charge in [-0.2, -0.15) is 0 Å². The summed E-state index contributed by atoms with van der Waals surface area (Å²) in [6.45, 7) is 7.51. The molecule has 0 amide bonds. The number of morpholine rings is 1. The standard InChI is InChI=1S/C17H19NO5/c1-10-8-13-14(20)9-15(18-4-6-21-7-5-18)23-17(13)11(2)16(10)22-12(3)19/h8-9H,4-7H2,1-3H3. The number of hydrogen-bond acceptors (Lipinski definition) is 6. The van der Waals surface area contributed by atoms with Crippen molar-refractivity contribution < 1.29 is 18.7 Å². The van der Waals surface area contributed by atoms with E-state index in [-0.39, 0.29) is 5.43 Å². The summed E-state index contributed by atoms with van der Waals surface area (Å²) in [5.41, 5.74) is 1.74. The van der Waals surface area contributed by atoms with Crippen molar-refractivity contribution in [3.8, 4) is 5.75 Å². The van der Waals surface area contributed by atoms with Gasteiger partial charge >= 0.3 is 5.97 Å². The van der Waals surface area contributed by atoms with Crippen LogP contribution in [0.1, 0.15) is 18.1 Å². The van der Waals surface area contributed by atoms with Crippen molar-refractivity contribution in [2.45, 2.75) is 20.8 Å². The van der Waals surface area contributed by atoms with Crippen molar-refractivity contribution in [2.24, 2.45) is 0 Å². The Bertz CT molecular complexity index is 818. The van der Waals surface area contributed by atoms with Crippen molar-refractivity contribution in [3.05, 3.63) is 33.5 Å². The molecule has 0 saturated carbocycles. The van der Waals surface area contributed by atoms with E-state index in [2.05, 4.69) is 0 Å². The number of anilines is 1. The molecule has 1 aromatic carbocycles. The van der Waals surface area contributed by atoms with Crippen LogP contribution in [0.25, 0.3) is 11.0 Å². The van der Waals surface area contributed by atoms with Crippen molar-refractivity contribution in [3.63, 3.8) is 0 Å². The van der Waals surface area contributed by atoms with Gasteiger partial charge in [-0.05, 0) is 25.5 Å². The molecule has 1 saturated heterocycles. The zero-order valence-electron chi connectivity index (χ0n) is 13.5. The summed E-state index contributed by atoms with van der Waals surface area (Å²) in [5.74, 6) is 0.570. The molecule has 0 N–H and O–H groups in total. The lowest BCUT2D eigenvalue weighted by Gasteiger charge is -2.27. The molecule has 122 valence electrons. The number of nitrogens with zero attached hydrogens (tertiary/aromatic N) is 1. The van der Waals surface area contributed by atoms with Crippen LogP contribution in [0.4, 0.5) is 5.88 Å². The number of hydrogen-bond donors (Lipinski definition) is 0. The minimum Gasteiger partial charge on any atom is -0.440 e. The van der Waals surface area contributed by atoms with E-state index in [0.717, 1.165) is 5.56 Å². The zero-order chi connectivity index (χ0) is 16.6. The molecule has 0 spiro atoms. The number of esters is 1. The first-order chi connectivity index (χ1) is 11.0. The molecule has 6 heteroatoms. The Kier molecular flexibility index (Phi) is 4.09. The second kappa shape index (κ2) is 6.04. The van der Waals surface area contributed by atoms with Crippen LogP contribution in [0.3, 0.4) is 0 Å². The number of ether oxygens (including phenoxy) is 2. The number of carbonyl (C=O) groups is 1. The highest BCUT2D eigenvalue weighted by Gasteiger charge is 2.19. The van der Waals surface area contributed by atoms with E-state index in [1.807, 2.05) is 4.90 Å². The molecule has 1 fully saturated rings. The van der Waals surface area contributed by atoms with E-state index in [1.54, 1.807) is 19.9 Å². The maximum absolute atomic E-state index is 12.5. The molecule has 23 heavy (non-hydrogen) atoms. The fourth-order valence-electron chi connectivity index (χ4n) is 2.83. The highest BCUT2D eigenvalue weighted by Crippen LogP contribution is 2.32. The third-order valence-electron chi connectivity index (χ3n) is 3.94. The van der Waals surface area contributed by atoms with Crippen LogP contribution in [-0.2, 0) is 9.53 Å². The minimum atomic E-state index is -0.401. The van der Waals surface area contributed by atoms with Crippen LogP contribution >= 0.6 is 0 Å². The van der Waals surface area contributed by atoms with Gasteiger partial charge < -0.3 is 18.8 Å². The third kappa shape index (κ3) is 2.94. The second-order valence-corrected chi connectivity index (χ2v) is 5.67. The molecule has 0 atom stereocenters. The lowest BCUT2D eigenvalue weighted by molar-refractivity contribution is -0.131. The van der Waals surface area contributed by atoms with Gasteiger partial charge in [-0.1, -0.05) is 0 Å². The summed E-state index contributed by atoms with van der Waals surface area (Å²) in [5, 5.41) is 0.493. The molecular weight excluding hydrogens is 298 g/mol. The molecule has 1 aliphatic heterocycles. The quantitative estimate of drug-likeness (QED) is 0.624. The zero-order valence-corrected chi connectivity index (χ0v) is 13.5. The molecule has 0 unspecified atom stereocenters. The highest BCUT2D eigenvalue weighted by molar-refractivity contribution is 5.85. The first-order valence-electron chi connectivity index (χ1n) is 7.56. The van der Waals surface area contributed by atoms with Crippen LogP contribution in [-0.4, -0.2) is 32.3 Å². The monoisotopic (exact) mass is 317 g/mol. The Hall–Kier alpha value is -2.34. The summed E-state index contributed by atoms with van der Waals surface area (Å²) in [6.07, 6.45) is 0. The summed E-state index contributed by atoms with van der Waals surface area (Å²) < 4.78 is 16.6. The van der Waals surface area contributed by atoms with Crippen LogP contribution in [0, 0.1) is 13.8 Å². The van der Waals surface area contributed by atoms with Gasteiger partial charge in [0.25, 0.3) is 0 Å². The average Bonchev–Trinajstić information content (AvgIpc) is 2.53. The van der Waals surface area contributed by atoms with Crippen molar-refractivity contribution in [1.29, 1.82) is 0 Å². The molecule has 0 bridgehead atoms. The Morgan fingerprint density at radius 1 is 1.22 bits per heavy atom. The predicted molar refractivity (Wildman–Crippen MR) is 86.3 cm³/mol. The van der Waals surface area contributed by atoms with E-state index >= 15 is 0 Å². The van der Waals surface area contributed by atoms with Gasteiger partial charge in [0.15, 0.2) is 11.3 Å². The molecule has 2 heterocycles. The molecular formula is C17H19NO5. The van der Waals surface area contributed by atoms with Gasteiger partial charge in [0.2, 0.25) is 0 Å². The molecule has 2 aromatic rings. The third-order valence-corrected chi connectivity index (χ3v) is 3.94. The second-order valence-electron chi connectivity index (χ2n) is 5.67. The number of carbonyl (C=O) groups excluding carboxylic acids is 1. The average molecular weight is 317 g/mol. The fourth-order valence-corrected chi connectivity index (χ4v) is 2.83. The minimum absolute atomic E-state index is 0.103. The maximum atomic E-state index is 12.5. The lowest BCUT2D eigenvalue weighted by Crippen LogP contribution is -2.36. The number of aryl methyl sites for hydroxylation is 2. The Morgan fingerprint density at radius 2 is 1.91 bits per heavy atom. The number of fused-ring (bicyclic) bond motifs is 1. The summed E-state index contributed by atoms with van der Waals surface area (Å²) >= 11 is 0. The van der Waals surface area contributed by atoms with Gasteiger partial charge in [-0.15, -0.1) is 0 Å². The summed E-state index contributed by atoms with van der Waals surface area (Å²) in [6, 6.07) is 3.22. The van der Waals surface area contributed by atoms with Gasteiger partial charge in [0, 0.05) is 31.6 Å². The smallest absolute Gasteiger partial charge is 0.308 e. The van der Waals surface area contributed by atoms with E-state index in [4.69, 9.17) is 13.9 Å². The topological polar surface area (TPSA) is 69.0 Å². The molecule has 1 aliphatic rings. The largest absolute Gasteiger partial charge is 0.440 e. The Balaban J connectivity index is 2.17. The van der Waals surface area contributed by atoms with Crippen molar-refractivity contribution in [2.75, 3.05) is 31.2 Å². The van der Waals surface area contributed by atoms with Gasteiger partial charge in [0.1, 0.15) is 11.3 Å². The van der Waals surface area contributed by atoms with Crippen molar-refractivity contribution in [1.82, 2.24) is 0 Å². The summed E-state index contributed by atoms with van der Waals surface area (Å²) in [7, 11) is 0. The van der Waals surface area contributed by atoms with Gasteiger partial charge in [-0.3, -0.25) is 9.59 Å². The van der Waals surface area contributed by atoms with E-state index in [9.17, 15) is 9.59 Å². The van der Waals surface area contributed by atoms with Crippen LogP contribution < -0.4 is 15.1 Å². The molecule has 3 rings (SSSR count). The first kappa shape index (κ1) is 15.6. The fraction of sp³-hybridized carbons (Fsp3) is 0.412. The van der Waals surface area contributed by atoms with Crippen LogP contribution in [0.15, 0.2) is 21.3 Å². The predicted octanol–water partition coefficient (Wildman–Crippen LogP) is 2.17. The highest BCUT2D eigenvalue weighted by atomic mass is 16.5. The molecule has 0 aliphatic carbocycles. The number of benzene rings is 1. The Morgan fingerprint density at radius 3 is 2.57 bits per heavy atom. The van der Waals surface area contributed by atoms with Gasteiger partial charge in [-0.25, -0.2) is 0 Å². The molecule has 0 radical (unpaired) electrons. The summed E-state index contributed by atoms with van der Waals surface area (Å²) in [4.78, 5) is 25.7. The Labute approximate surface area is 133 Å². The van der Waals surface area contributed by atoms with E-state index < -0.39 is 5.97 Å². The molecule has 6 nitrogen and oxygen atoms in total. The number of rotatable bonds is 2. The van der Waals surface area contributed by atoms with Crippen LogP contribution in [0.5, 0.6) is 5.75 Å². The SMILES string of the molecule is CC(=O)Oc1c(C)cc2c(=O)cc(N3CCOCC3)oc2c1C.